The van der Waals surface area contributed by atoms with Crippen molar-refractivity contribution in [3.05, 3.63) is 70.3 Å². The minimum Gasteiger partial charge on any atom is -0.306 e. The molecule has 2 aromatic carbocycles. The van der Waals surface area contributed by atoms with Gasteiger partial charge in [0.2, 0.25) is 10.0 Å². The quantitative estimate of drug-likeness (QED) is 0.556. The second kappa shape index (κ2) is 9.18. The molecule has 0 spiro atoms. The first-order valence-corrected chi connectivity index (χ1v) is 11.4. The number of halogens is 2. The van der Waals surface area contributed by atoms with Gasteiger partial charge in [0, 0.05) is 24.2 Å². The lowest BCUT2D eigenvalue weighted by molar-refractivity contribution is 0.102. The number of carbonyl (C=O) groups excluding carboxylic acids is 1. The molecule has 0 aliphatic rings. The summed E-state index contributed by atoms with van der Waals surface area (Å²) in [5.74, 6) is -0.171. The molecular formula is C20H20Cl2N4O3S. The second-order valence-electron chi connectivity index (χ2n) is 6.29. The van der Waals surface area contributed by atoms with Gasteiger partial charge in [0.05, 0.1) is 27.4 Å². The van der Waals surface area contributed by atoms with Crippen LogP contribution in [0, 0.1) is 0 Å². The first-order chi connectivity index (χ1) is 14.3. The number of anilines is 1. The molecule has 0 aliphatic carbocycles. The van der Waals surface area contributed by atoms with Crippen LogP contribution in [-0.4, -0.2) is 41.5 Å². The Morgan fingerprint density at radius 3 is 2.50 bits per heavy atom. The first-order valence-electron chi connectivity index (χ1n) is 9.19. The zero-order valence-electron chi connectivity index (χ0n) is 16.3. The molecule has 0 fully saturated rings. The Morgan fingerprint density at radius 2 is 1.83 bits per heavy atom. The number of amides is 1. The van der Waals surface area contributed by atoms with E-state index in [1.54, 1.807) is 44.2 Å². The lowest BCUT2D eigenvalue weighted by Gasteiger charge is -2.19. The number of rotatable bonds is 7. The van der Waals surface area contributed by atoms with Crippen molar-refractivity contribution in [3.63, 3.8) is 0 Å². The highest BCUT2D eigenvalue weighted by molar-refractivity contribution is 7.89. The van der Waals surface area contributed by atoms with Gasteiger partial charge < -0.3 is 5.32 Å². The third kappa shape index (κ3) is 4.52. The van der Waals surface area contributed by atoms with Gasteiger partial charge in [0.1, 0.15) is 5.82 Å². The van der Waals surface area contributed by atoms with Crippen LogP contribution in [0.1, 0.15) is 24.2 Å². The van der Waals surface area contributed by atoms with Crippen molar-refractivity contribution >= 4 is 45.0 Å². The molecule has 10 heteroatoms. The van der Waals surface area contributed by atoms with Gasteiger partial charge in [-0.1, -0.05) is 43.1 Å². The molecule has 158 valence electrons. The zero-order chi connectivity index (χ0) is 21.9. The molecule has 1 N–H and O–H groups in total. The van der Waals surface area contributed by atoms with E-state index < -0.39 is 15.9 Å². The maximum Gasteiger partial charge on any atom is 0.258 e. The van der Waals surface area contributed by atoms with Crippen molar-refractivity contribution in [2.75, 3.05) is 18.4 Å². The van der Waals surface area contributed by atoms with E-state index in [-0.39, 0.29) is 15.5 Å². The number of nitrogens with one attached hydrogen (secondary N) is 1. The first kappa shape index (κ1) is 22.3. The molecule has 3 rings (SSSR count). The number of sulfonamides is 1. The molecule has 0 bridgehead atoms. The molecule has 3 aromatic rings. The van der Waals surface area contributed by atoms with Gasteiger partial charge >= 0.3 is 0 Å². The molecule has 1 heterocycles. The van der Waals surface area contributed by atoms with Crippen molar-refractivity contribution in [1.82, 2.24) is 14.1 Å². The minimum atomic E-state index is -3.73. The normalized spacial score (nSPS) is 11.6. The molecule has 0 radical (unpaired) electrons. The van der Waals surface area contributed by atoms with Gasteiger partial charge in [-0.2, -0.15) is 9.40 Å². The van der Waals surface area contributed by atoms with Gasteiger partial charge in [-0.3, -0.25) is 4.79 Å². The summed E-state index contributed by atoms with van der Waals surface area (Å²) >= 11 is 12.2. The van der Waals surface area contributed by atoms with E-state index in [9.17, 15) is 13.2 Å². The van der Waals surface area contributed by atoms with Crippen LogP contribution in [0.3, 0.4) is 0 Å². The second-order valence-corrected chi connectivity index (χ2v) is 9.07. The number of carbonyl (C=O) groups is 1. The molecule has 1 amide bonds. The molecular weight excluding hydrogens is 447 g/mol. The highest BCUT2D eigenvalue weighted by Crippen LogP contribution is 2.25. The minimum absolute atomic E-state index is 0.00380. The van der Waals surface area contributed by atoms with Gasteiger partial charge in [-0.25, -0.2) is 13.1 Å². The Bertz CT molecular complexity index is 1170. The predicted molar refractivity (Wildman–Crippen MR) is 118 cm³/mol. The zero-order valence-corrected chi connectivity index (χ0v) is 18.7. The van der Waals surface area contributed by atoms with Crippen LogP contribution in [0.25, 0.3) is 5.69 Å². The number of hydrogen-bond donors (Lipinski definition) is 1. The van der Waals surface area contributed by atoms with Crippen LogP contribution in [0.2, 0.25) is 10.0 Å². The van der Waals surface area contributed by atoms with Crippen LogP contribution in [-0.2, 0) is 10.0 Å². The topological polar surface area (TPSA) is 84.3 Å². The number of aromatic nitrogens is 2. The lowest BCUT2D eigenvalue weighted by Crippen LogP contribution is -2.30. The number of benzene rings is 2. The summed E-state index contributed by atoms with van der Waals surface area (Å²) in [7, 11) is -3.73. The lowest BCUT2D eigenvalue weighted by atomic mass is 10.2. The Balaban J connectivity index is 1.93. The van der Waals surface area contributed by atoms with E-state index in [2.05, 4.69) is 10.4 Å². The summed E-state index contributed by atoms with van der Waals surface area (Å²) in [4.78, 5) is 12.9. The SMILES string of the molecule is CCN(CC)S(=O)(=O)c1ccc(Cl)c(C(=O)Nc2ccnn2-c2cccc(Cl)c2)c1. The summed E-state index contributed by atoms with van der Waals surface area (Å²) in [6, 6.07) is 12.7. The summed E-state index contributed by atoms with van der Waals surface area (Å²) < 4.78 is 28.4. The summed E-state index contributed by atoms with van der Waals surface area (Å²) in [6.45, 7) is 4.15. The molecule has 0 unspecified atom stereocenters. The Morgan fingerprint density at radius 1 is 1.10 bits per heavy atom. The fourth-order valence-electron chi connectivity index (χ4n) is 2.95. The third-order valence-electron chi connectivity index (χ3n) is 4.46. The summed E-state index contributed by atoms with van der Waals surface area (Å²) in [5, 5.41) is 7.60. The highest BCUT2D eigenvalue weighted by atomic mass is 35.5. The van der Waals surface area contributed by atoms with Gasteiger partial charge in [-0.15, -0.1) is 0 Å². The maximum atomic E-state index is 12.9. The largest absolute Gasteiger partial charge is 0.306 e. The average molecular weight is 467 g/mol. The van der Waals surface area contributed by atoms with Gasteiger partial charge in [0.15, 0.2) is 0 Å². The molecule has 0 aliphatic heterocycles. The molecule has 7 nitrogen and oxygen atoms in total. The summed E-state index contributed by atoms with van der Waals surface area (Å²) in [5.41, 5.74) is 0.704. The van der Waals surface area contributed by atoms with Crippen molar-refractivity contribution < 1.29 is 13.2 Å². The van der Waals surface area contributed by atoms with Crippen molar-refractivity contribution in [2.24, 2.45) is 0 Å². The predicted octanol–water partition coefficient (Wildman–Crippen LogP) is 4.46. The van der Waals surface area contributed by atoms with E-state index >= 15 is 0 Å². The molecule has 0 atom stereocenters. The molecule has 30 heavy (non-hydrogen) atoms. The Labute approximate surface area is 185 Å². The maximum absolute atomic E-state index is 12.9. The van der Waals surface area contributed by atoms with Gasteiger partial charge in [-0.05, 0) is 36.4 Å². The Kier molecular flexibility index (Phi) is 6.82. The van der Waals surface area contributed by atoms with Crippen molar-refractivity contribution in [3.8, 4) is 5.69 Å². The molecule has 0 saturated carbocycles. The number of hydrogen-bond acceptors (Lipinski definition) is 4. The number of nitrogens with zero attached hydrogens (tertiary/aromatic N) is 3. The van der Waals surface area contributed by atoms with Gasteiger partial charge in [0.25, 0.3) is 5.91 Å². The van der Waals surface area contributed by atoms with Crippen molar-refractivity contribution in [2.45, 2.75) is 18.7 Å². The summed E-state index contributed by atoms with van der Waals surface area (Å²) in [6.07, 6.45) is 1.53. The van der Waals surface area contributed by atoms with E-state index in [1.165, 1.54) is 33.4 Å². The van der Waals surface area contributed by atoms with E-state index in [4.69, 9.17) is 23.2 Å². The van der Waals surface area contributed by atoms with E-state index in [1.807, 2.05) is 0 Å². The highest BCUT2D eigenvalue weighted by Gasteiger charge is 2.24. The van der Waals surface area contributed by atoms with Crippen LogP contribution in [0.5, 0.6) is 0 Å². The fourth-order valence-corrected chi connectivity index (χ4v) is 4.82. The average Bonchev–Trinajstić information content (AvgIpc) is 3.17. The molecule has 0 saturated heterocycles. The third-order valence-corrected chi connectivity index (χ3v) is 7.07. The smallest absolute Gasteiger partial charge is 0.258 e. The van der Waals surface area contributed by atoms with Crippen molar-refractivity contribution in [1.29, 1.82) is 0 Å². The van der Waals surface area contributed by atoms with Crippen LogP contribution >= 0.6 is 23.2 Å². The van der Waals surface area contributed by atoms with E-state index in [0.29, 0.717) is 29.6 Å². The van der Waals surface area contributed by atoms with Crippen LogP contribution < -0.4 is 5.32 Å². The Hall–Kier alpha value is -2.39. The van der Waals surface area contributed by atoms with Crippen LogP contribution in [0.4, 0.5) is 5.82 Å². The van der Waals surface area contributed by atoms with E-state index in [0.717, 1.165) is 0 Å². The van der Waals surface area contributed by atoms with Crippen LogP contribution in [0.15, 0.2) is 59.6 Å². The standard InChI is InChI=1S/C20H20Cl2N4O3S/c1-3-25(4-2)30(28,29)16-8-9-18(22)17(13-16)20(27)24-19-10-11-23-26(19)15-7-5-6-14(21)12-15/h5-13H,3-4H2,1-2H3,(H,24,27). The monoisotopic (exact) mass is 466 g/mol. The fraction of sp³-hybridized carbons (Fsp3) is 0.200. The molecule has 1 aromatic heterocycles.